The van der Waals surface area contributed by atoms with E-state index in [1.54, 1.807) is 0 Å². The molecule has 0 fully saturated rings. The van der Waals surface area contributed by atoms with Crippen molar-refractivity contribution >= 4 is 16.7 Å². The molecule has 0 spiro atoms. The van der Waals surface area contributed by atoms with Crippen LogP contribution in [0.4, 0.5) is 0 Å². The fourth-order valence-electron chi connectivity index (χ4n) is 1.52. The molecule has 0 radical (unpaired) electrons. The van der Waals surface area contributed by atoms with Gasteiger partial charge in [-0.25, -0.2) is 0 Å². The molecule has 14 heavy (non-hydrogen) atoms. The van der Waals surface area contributed by atoms with Gasteiger partial charge in [-0.15, -0.1) is 0 Å². The van der Waals surface area contributed by atoms with Gasteiger partial charge in [-0.1, -0.05) is 42.5 Å². The molecule has 0 saturated heterocycles. The molecule has 2 heteroatoms. The number of rotatable bonds is 2. The van der Waals surface area contributed by atoms with Gasteiger partial charge in [0.1, 0.15) is 0 Å². The maximum Gasteiger partial charge on any atom is 0.307 e. The summed E-state index contributed by atoms with van der Waals surface area (Å²) in [7, 11) is 0. The normalized spacial score (nSPS) is 10.3. The standard InChI is InChI=1S/C12H10O2/c13-12(14)8-9-5-6-10-3-1-2-4-11(10)7-9/h1-7H,8H2,(H,13,14)/i12+1. The Bertz CT molecular complexity index is 474. The first-order valence-corrected chi connectivity index (χ1v) is 4.45. The van der Waals surface area contributed by atoms with Crippen molar-refractivity contribution < 1.29 is 9.90 Å². The highest BCUT2D eigenvalue weighted by atomic mass is 16.5. The van der Waals surface area contributed by atoms with Gasteiger partial charge in [0.05, 0.1) is 6.42 Å². The van der Waals surface area contributed by atoms with E-state index in [1.807, 2.05) is 42.5 Å². The first-order chi connectivity index (χ1) is 6.75. The van der Waals surface area contributed by atoms with E-state index in [2.05, 4.69) is 0 Å². The maximum absolute atomic E-state index is 10.5. The Hall–Kier alpha value is -1.83. The molecule has 0 heterocycles. The van der Waals surface area contributed by atoms with Crippen molar-refractivity contribution in [3.63, 3.8) is 0 Å². The Morgan fingerprint density at radius 3 is 2.50 bits per heavy atom. The molecule has 0 aliphatic carbocycles. The highest BCUT2D eigenvalue weighted by Crippen LogP contribution is 2.15. The highest BCUT2D eigenvalue weighted by molar-refractivity contribution is 5.84. The average molecular weight is 187 g/mol. The zero-order valence-electron chi connectivity index (χ0n) is 7.60. The Kier molecular flexibility index (Phi) is 2.19. The third-order valence-corrected chi connectivity index (χ3v) is 2.17. The van der Waals surface area contributed by atoms with Gasteiger partial charge in [-0.3, -0.25) is 4.79 Å². The number of hydrogen-bond acceptors (Lipinski definition) is 1. The number of carbonyl (C=O) groups is 1. The molecule has 2 rings (SSSR count). The summed E-state index contributed by atoms with van der Waals surface area (Å²) in [5.74, 6) is -0.791. The second-order valence-electron chi connectivity index (χ2n) is 3.25. The van der Waals surface area contributed by atoms with E-state index in [9.17, 15) is 4.79 Å². The van der Waals surface area contributed by atoms with E-state index in [0.717, 1.165) is 16.3 Å². The molecule has 0 atom stereocenters. The van der Waals surface area contributed by atoms with E-state index < -0.39 is 5.97 Å². The number of carboxylic acids is 1. The lowest BCUT2D eigenvalue weighted by Gasteiger charge is -2.00. The minimum Gasteiger partial charge on any atom is -0.481 e. The van der Waals surface area contributed by atoms with Gasteiger partial charge in [-0.05, 0) is 16.3 Å². The van der Waals surface area contributed by atoms with E-state index in [0.29, 0.717) is 0 Å². The summed E-state index contributed by atoms with van der Waals surface area (Å²) in [4.78, 5) is 10.5. The molecule has 0 amide bonds. The summed E-state index contributed by atoms with van der Waals surface area (Å²) >= 11 is 0. The second kappa shape index (κ2) is 3.50. The molecule has 0 unspecified atom stereocenters. The molecule has 0 saturated carbocycles. The van der Waals surface area contributed by atoms with Crippen LogP contribution in [0, 0.1) is 0 Å². The van der Waals surface area contributed by atoms with Gasteiger partial charge < -0.3 is 5.11 Å². The molecule has 0 aliphatic rings. The Labute approximate surface area is 81.8 Å². The van der Waals surface area contributed by atoms with Crippen molar-refractivity contribution in [3.05, 3.63) is 48.0 Å². The predicted octanol–water partition coefficient (Wildman–Crippen LogP) is 2.47. The van der Waals surface area contributed by atoms with Gasteiger partial charge in [0.2, 0.25) is 0 Å². The second-order valence-corrected chi connectivity index (χ2v) is 3.25. The van der Waals surface area contributed by atoms with Gasteiger partial charge in [0, 0.05) is 0 Å². The van der Waals surface area contributed by atoms with Crippen LogP contribution in [-0.2, 0) is 11.2 Å². The lowest BCUT2D eigenvalue weighted by Crippen LogP contribution is -1.99. The number of aliphatic carboxylic acids is 1. The van der Waals surface area contributed by atoms with E-state index in [4.69, 9.17) is 5.11 Å². The van der Waals surface area contributed by atoms with Crippen molar-refractivity contribution in [3.8, 4) is 0 Å². The Morgan fingerprint density at radius 2 is 1.79 bits per heavy atom. The number of benzene rings is 2. The van der Waals surface area contributed by atoms with Crippen LogP contribution in [0.15, 0.2) is 42.5 Å². The molecule has 1 N–H and O–H groups in total. The van der Waals surface area contributed by atoms with Crippen molar-refractivity contribution in [2.24, 2.45) is 0 Å². The average Bonchev–Trinajstić information content (AvgIpc) is 2.17. The topological polar surface area (TPSA) is 37.3 Å². The summed E-state index contributed by atoms with van der Waals surface area (Å²) in [6, 6.07) is 13.7. The molecule has 2 nitrogen and oxygen atoms in total. The van der Waals surface area contributed by atoms with Crippen LogP contribution in [0.5, 0.6) is 0 Å². The molecule has 0 aromatic heterocycles. The molecule has 2 aromatic rings. The van der Waals surface area contributed by atoms with Crippen LogP contribution >= 0.6 is 0 Å². The summed E-state index contributed by atoms with van der Waals surface area (Å²) in [6.07, 6.45) is 0.0881. The van der Waals surface area contributed by atoms with Crippen LogP contribution in [0.1, 0.15) is 5.56 Å². The van der Waals surface area contributed by atoms with Crippen LogP contribution in [0.3, 0.4) is 0 Å². The van der Waals surface area contributed by atoms with Crippen molar-refractivity contribution in [2.45, 2.75) is 6.42 Å². The molecular formula is C12H10O2. The number of fused-ring (bicyclic) bond motifs is 1. The zero-order valence-corrected chi connectivity index (χ0v) is 7.60. The van der Waals surface area contributed by atoms with E-state index >= 15 is 0 Å². The summed E-state index contributed by atoms with van der Waals surface area (Å²) in [5.41, 5.74) is 0.844. The monoisotopic (exact) mass is 187 g/mol. The minimum absolute atomic E-state index is 0.0881. The maximum atomic E-state index is 10.5. The predicted molar refractivity (Wildman–Crippen MR) is 55.3 cm³/mol. The fourth-order valence-corrected chi connectivity index (χ4v) is 1.52. The van der Waals surface area contributed by atoms with Gasteiger partial charge in [-0.2, -0.15) is 0 Å². The molecule has 70 valence electrons. The van der Waals surface area contributed by atoms with E-state index in [1.165, 1.54) is 0 Å². The van der Waals surface area contributed by atoms with Crippen LogP contribution in [0.2, 0.25) is 0 Å². The SMILES string of the molecule is O=[13C](O)Cc1ccc2ccccc2c1. The Morgan fingerprint density at radius 1 is 1.07 bits per heavy atom. The van der Waals surface area contributed by atoms with Crippen molar-refractivity contribution in [1.82, 2.24) is 0 Å². The quantitative estimate of drug-likeness (QED) is 0.733. The van der Waals surface area contributed by atoms with Gasteiger partial charge >= 0.3 is 5.97 Å². The zero-order chi connectivity index (χ0) is 9.97. The van der Waals surface area contributed by atoms with Crippen LogP contribution < -0.4 is 0 Å². The molecule has 0 bridgehead atoms. The molecule has 2 aromatic carbocycles. The third-order valence-electron chi connectivity index (χ3n) is 2.17. The number of carboxylic acid groups (broad SMARTS) is 1. The Balaban J connectivity index is 2.46. The lowest BCUT2D eigenvalue weighted by molar-refractivity contribution is -0.136. The van der Waals surface area contributed by atoms with Gasteiger partial charge in [0.25, 0.3) is 0 Å². The molecular weight excluding hydrogens is 177 g/mol. The smallest absolute Gasteiger partial charge is 0.307 e. The van der Waals surface area contributed by atoms with Gasteiger partial charge in [0.15, 0.2) is 0 Å². The number of hydrogen-bond donors (Lipinski definition) is 1. The summed E-state index contributed by atoms with van der Waals surface area (Å²) in [5, 5.41) is 10.9. The third kappa shape index (κ3) is 1.74. The first-order valence-electron chi connectivity index (χ1n) is 4.45. The highest BCUT2D eigenvalue weighted by Gasteiger charge is 2.00. The lowest BCUT2D eigenvalue weighted by atomic mass is 10.1. The summed E-state index contributed by atoms with van der Waals surface area (Å²) < 4.78 is 0. The van der Waals surface area contributed by atoms with Crippen LogP contribution in [-0.4, -0.2) is 11.1 Å². The summed E-state index contributed by atoms with van der Waals surface area (Å²) in [6.45, 7) is 0. The van der Waals surface area contributed by atoms with Crippen molar-refractivity contribution in [1.29, 1.82) is 0 Å². The first kappa shape index (κ1) is 8.75. The fraction of sp³-hybridized carbons (Fsp3) is 0.0833. The molecule has 0 aliphatic heterocycles. The van der Waals surface area contributed by atoms with Crippen LogP contribution in [0.25, 0.3) is 10.8 Å². The van der Waals surface area contributed by atoms with Crippen molar-refractivity contribution in [2.75, 3.05) is 0 Å². The minimum atomic E-state index is -0.791. The van der Waals surface area contributed by atoms with E-state index in [-0.39, 0.29) is 6.42 Å². The largest absolute Gasteiger partial charge is 0.481 e.